The van der Waals surface area contributed by atoms with Crippen molar-refractivity contribution in [1.82, 2.24) is 4.90 Å². The van der Waals surface area contributed by atoms with Crippen LogP contribution in [0.1, 0.15) is 47.5 Å². The molecule has 0 amide bonds. The van der Waals surface area contributed by atoms with Crippen molar-refractivity contribution >= 4 is 12.6 Å². The number of hydrogen-bond acceptors (Lipinski definition) is 2. The zero-order chi connectivity index (χ0) is 12.3. The fourth-order valence-corrected chi connectivity index (χ4v) is 3.23. The van der Waals surface area contributed by atoms with E-state index in [-0.39, 0.29) is 0 Å². The number of likely N-dealkylation sites (tertiary alicyclic amines) is 1. The van der Waals surface area contributed by atoms with E-state index < -0.39 is 0 Å². The van der Waals surface area contributed by atoms with Crippen LogP contribution in [0.2, 0.25) is 0 Å². The van der Waals surface area contributed by atoms with Gasteiger partial charge < -0.3 is 4.90 Å². The highest BCUT2D eigenvalue weighted by Crippen LogP contribution is 2.31. The highest BCUT2D eigenvalue weighted by Gasteiger charge is 2.30. The maximum atomic E-state index is 4.53. The van der Waals surface area contributed by atoms with Gasteiger partial charge in [-0.2, -0.15) is 12.6 Å². The van der Waals surface area contributed by atoms with Gasteiger partial charge in [0.15, 0.2) is 0 Å². The second-order valence-corrected chi connectivity index (χ2v) is 6.97. The van der Waals surface area contributed by atoms with Crippen LogP contribution in [-0.2, 0) is 0 Å². The molecule has 96 valence electrons. The smallest absolute Gasteiger partial charge is 0.00926 e. The van der Waals surface area contributed by atoms with Crippen molar-refractivity contribution in [2.75, 3.05) is 18.8 Å². The second-order valence-electron chi connectivity index (χ2n) is 6.60. The van der Waals surface area contributed by atoms with Crippen molar-refractivity contribution in [2.45, 2.75) is 53.5 Å². The lowest BCUT2D eigenvalue weighted by atomic mass is 9.80. The Hall–Kier alpha value is 0.310. The van der Waals surface area contributed by atoms with E-state index in [1.807, 2.05) is 0 Å². The maximum absolute atomic E-state index is 4.53. The van der Waals surface area contributed by atoms with E-state index in [9.17, 15) is 0 Å². The zero-order valence-corrected chi connectivity index (χ0v) is 12.6. The molecule has 0 radical (unpaired) electrons. The first kappa shape index (κ1) is 14.4. The minimum absolute atomic E-state index is 0.377. The van der Waals surface area contributed by atoms with E-state index in [2.05, 4.69) is 52.1 Å². The SMILES string of the molecule is CC1CCCN(CC(CS)C(C)(C)C)C1C. The third-order valence-corrected chi connectivity index (χ3v) is 4.85. The number of hydrogen-bond donors (Lipinski definition) is 1. The Bertz CT molecular complexity index is 209. The van der Waals surface area contributed by atoms with E-state index in [1.54, 1.807) is 0 Å². The van der Waals surface area contributed by atoms with E-state index in [1.165, 1.54) is 25.9 Å². The Morgan fingerprint density at radius 1 is 1.31 bits per heavy atom. The maximum Gasteiger partial charge on any atom is 0.00926 e. The van der Waals surface area contributed by atoms with Gasteiger partial charge in [-0.3, -0.25) is 0 Å². The van der Waals surface area contributed by atoms with Gasteiger partial charge in [0.05, 0.1) is 0 Å². The molecular weight excluding hydrogens is 214 g/mol. The number of nitrogens with zero attached hydrogens (tertiary/aromatic N) is 1. The molecule has 0 aliphatic carbocycles. The average molecular weight is 243 g/mol. The largest absolute Gasteiger partial charge is 0.300 e. The van der Waals surface area contributed by atoms with Gasteiger partial charge in [0.2, 0.25) is 0 Å². The summed E-state index contributed by atoms with van der Waals surface area (Å²) < 4.78 is 0. The lowest BCUT2D eigenvalue weighted by molar-refractivity contribution is 0.0742. The molecule has 1 aliphatic rings. The zero-order valence-electron chi connectivity index (χ0n) is 11.7. The van der Waals surface area contributed by atoms with E-state index in [0.717, 1.165) is 17.7 Å². The Morgan fingerprint density at radius 2 is 1.94 bits per heavy atom. The van der Waals surface area contributed by atoms with Crippen molar-refractivity contribution in [3.05, 3.63) is 0 Å². The summed E-state index contributed by atoms with van der Waals surface area (Å²) >= 11 is 4.53. The predicted octanol–water partition coefficient (Wildman–Crippen LogP) is 3.70. The van der Waals surface area contributed by atoms with Crippen LogP contribution in [0.15, 0.2) is 0 Å². The topological polar surface area (TPSA) is 3.24 Å². The molecule has 0 aromatic rings. The molecule has 0 N–H and O–H groups in total. The van der Waals surface area contributed by atoms with Gasteiger partial charge in [0, 0.05) is 12.6 Å². The summed E-state index contributed by atoms with van der Waals surface area (Å²) in [5.74, 6) is 2.55. The molecule has 1 saturated heterocycles. The molecule has 0 aromatic carbocycles. The second kappa shape index (κ2) is 5.77. The first-order chi connectivity index (χ1) is 7.36. The Balaban J connectivity index is 2.57. The fourth-order valence-electron chi connectivity index (χ4n) is 2.57. The van der Waals surface area contributed by atoms with Crippen molar-refractivity contribution in [1.29, 1.82) is 0 Å². The predicted molar refractivity (Wildman–Crippen MR) is 76.2 cm³/mol. The molecule has 1 heterocycles. The van der Waals surface area contributed by atoms with Gasteiger partial charge in [-0.25, -0.2) is 0 Å². The molecule has 0 spiro atoms. The summed E-state index contributed by atoms with van der Waals surface area (Å²) in [6, 6.07) is 0.749. The highest BCUT2D eigenvalue weighted by molar-refractivity contribution is 7.80. The van der Waals surface area contributed by atoms with Gasteiger partial charge in [-0.05, 0) is 49.3 Å². The quantitative estimate of drug-likeness (QED) is 0.740. The first-order valence-corrected chi connectivity index (χ1v) is 7.34. The molecule has 2 heteroatoms. The van der Waals surface area contributed by atoms with Gasteiger partial charge in [0.1, 0.15) is 0 Å². The monoisotopic (exact) mass is 243 g/mol. The summed E-state index contributed by atoms with van der Waals surface area (Å²) in [5, 5.41) is 0. The molecule has 3 unspecified atom stereocenters. The molecule has 16 heavy (non-hydrogen) atoms. The van der Waals surface area contributed by atoms with Crippen LogP contribution in [0.25, 0.3) is 0 Å². The molecule has 0 bridgehead atoms. The molecule has 1 nitrogen and oxygen atoms in total. The van der Waals surface area contributed by atoms with E-state index >= 15 is 0 Å². The van der Waals surface area contributed by atoms with Crippen molar-refractivity contribution in [2.24, 2.45) is 17.3 Å². The molecule has 1 aliphatic heterocycles. The molecule has 1 fully saturated rings. The number of rotatable bonds is 3. The standard InChI is InChI=1S/C14H29NS/c1-11-7-6-8-15(12(11)2)9-13(10-16)14(3,4)5/h11-13,16H,6-10H2,1-5H3. The van der Waals surface area contributed by atoms with Gasteiger partial charge in [0.25, 0.3) is 0 Å². The normalized spacial score (nSPS) is 30.4. The van der Waals surface area contributed by atoms with Crippen LogP contribution >= 0.6 is 12.6 Å². The van der Waals surface area contributed by atoms with Crippen LogP contribution in [0, 0.1) is 17.3 Å². The van der Waals surface area contributed by atoms with Gasteiger partial charge in [-0.1, -0.05) is 27.7 Å². The lowest BCUT2D eigenvalue weighted by Crippen LogP contribution is -2.47. The molecule has 0 aromatic heterocycles. The molecule has 3 atom stereocenters. The summed E-state index contributed by atoms with van der Waals surface area (Å²) in [5.41, 5.74) is 0.377. The Morgan fingerprint density at radius 3 is 2.44 bits per heavy atom. The average Bonchev–Trinajstić information content (AvgIpc) is 2.18. The fraction of sp³-hybridized carbons (Fsp3) is 1.00. The van der Waals surface area contributed by atoms with E-state index in [0.29, 0.717) is 11.3 Å². The Labute approximate surface area is 107 Å². The van der Waals surface area contributed by atoms with Crippen molar-refractivity contribution in [3.8, 4) is 0 Å². The lowest BCUT2D eigenvalue weighted by Gasteiger charge is -2.42. The van der Waals surface area contributed by atoms with Crippen LogP contribution in [-0.4, -0.2) is 29.8 Å². The van der Waals surface area contributed by atoms with E-state index in [4.69, 9.17) is 0 Å². The van der Waals surface area contributed by atoms with Gasteiger partial charge >= 0.3 is 0 Å². The van der Waals surface area contributed by atoms with Crippen molar-refractivity contribution in [3.63, 3.8) is 0 Å². The molecular formula is C14H29NS. The molecule has 0 saturated carbocycles. The van der Waals surface area contributed by atoms with Crippen molar-refractivity contribution < 1.29 is 0 Å². The van der Waals surface area contributed by atoms with Gasteiger partial charge in [-0.15, -0.1) is 0 Å². The minimum atomic E-state index is 0.377. The molecule has 1 rings (SSSR count). The van der Waals surface area contributed by atoms with Crippen LogP contribution in [0.3, 0.4) is 0 Å². The summed E-state index contributed by atoms with van der Waals surface area (Å²) in [4.78, 5) is 2.68. The summed E-state index contributed by atoms with van der Waals surface area (Å²) in [6.07, 6.45) is 2.77. The Kier molecular flexibility index (Phi) is 5.18. The first-order valence-electron chi connectivity index (χ1n) is 6.71. The number of piperidine rings is 1. The minimum Gasteiger partial charge on any atom is -0.300 e. The van der Waals surface area contributed by atoms with Crippen LogP contribution in [0.5, 0.6) is 0 Å². The number of thiol groups is 1. The summed E-state index contributed by atoms with van der Waals surface area (Å²) in [7, 11) is 0. The van der Waals surface area contributed by atoms with Crippen LogP contribution in [0.4, 0.5) is 0 Å². The van der Waals surface area contributed by atoms with Crippen LogP contribution < -0.4 is 0 Å². The third-order valence-electron chi connectivity index (χ3n) is 4.40. The summed E-state index contributed by atoms with van der Waals surface area (Å²) in [6.45, 7) is 14.3. The highest BCUT2D eigenvalue weighted by atomic mass is 32.1. The third kappa shape index (κ3) is 3.66.